The molecule has 0 spiro atoms. The van der Waals surface area contributed by atoms with E-state index >= 15 is 0 Å². The SMILES string of the molecule is C1=C(COCCOc2cc(C34CC5CC(CC(C5)C3)C4)c3ccc(OCCOCC4=CO4)c(C45CC6CC(CC(C6)C4)C5)c3c2)O1. The minimum atomic E-state index is 0.190. The van der Waals surface area contributed by atoms with Crippen molar-refractivity contribution in [2.45, 2.75) is 87.9 Å². The Morgan fingerprint density at radius 2 is 1.07 bits per heavy atom. The minimum absolute atomic E-state index is 0.190. The molecule has 0 atom stereocenters. The fraction of sp³-hybridized carbons (Fsp3) is 0.650. The van der Waals surface area contributed by atoms with Crippen LogP contribution in [0.25, 0.3) is 10.8 Å². The fourth-order valence-electron chi connectivity index (χ4n) is 12.4. The average Bonchev–Trinajstić information content (AvgIpc) is 3.95. The van der Waals surface area contributed by atoms with Crippen molar-refractivity contribution >= 4 is 10.8 Å². The summed E-state index contributed by atoms with van der Waals surface area (Å²) in [6.45, 7) is 3.27. The van der Waals surface area contributed by atoms with Crippen LogP contribution >= 0.6 is 0 Å². The molecular weight excluding hydrogens is 576 g/mol. The Morgan fingerprint density at radius 3 is 1.59 bits per heavy atom. The first-order valence-corrected chi connectivity index (χ1v) is 18.3. The molecule has 0 radical (unpaired) electrons. The number of ether oxygens (including phenoxy) is 6. The van der Waals surface area contributed by atoms with Crippen molar-refractivity contribution in [3.05, 3.63) is 59.4 Å². The summed E-state index contributed by atoms with van der Waals surface area (Å²) in [5.41, 5.74) is 3.51. The van der Waals surface area contributed by atoms with Gasteiger partial charge < -0.3 is 28.4 Å². The molecule has 244 valence electrons. The number of rotatable bonds is 14. The molecule has 0 amide bonds. The Balaban J connectivity index is 1.06. The van der Waals surface area contributed by atoms with Crippen molar-refractivity contribution in [2.24, 2.45) is 35.5 Å². The first-order chi connectivity index (χ1) is 22.6. The van der Waals surface area contributed by atoms with Crippen LogP contribution in [-0.4, -0.2) is 39.6 Å². The topological polar surface area (TPSA) is 62.0 Å². The van der Waals surface area contributed by atoms with E-state index in [1.54, 1.807) is 18.1 Å². The van der Waals surface area contributed by atoms with Gasteiger partial charge in [0, 0.05) is 11.0 Å². The Hall–Kier alpha value is -2.70. The van der Waals surface area contributed by atoms with E-state index in [4.69, 9.17) is 28.4 Å². The lowest BCUT2D eigenvalue weighted by Gasteiger charge is -2.58. The van der Waals surface area contributed by atoms with Crippen molar-refractivity contribution in [1.29, 1.82) is 0 Å². The lowest BCUT2D eigenvalue weighted by molar-refractivity contribution is -0.00630. The molecule has 0 N–H and O–H groups in total. The van der Waals surface area contributed by atoms with Crippen LogP contribution in [0.2, 0.25) is 0 Å². The van der Waals surface area contributed by atoms with Crippen LogP contribution in [0.15, 0.2) is 48.3 Å². The van der Waals surface area contributed by atoms with Crippen LogP contribution in [0.5, 0.6) is 11.5 Å². The molecular formula is C40H48O6. The molecule has 12 rings (SSSR count). The highest BCUT2D eigenvalue weighted by molar-refractivity contribution is 5.94. The lowest BCUT2D eigenvalue weighted by atomic mass is 9.47. The molecule has 8 saturated carbocycles. The third-order valence-corrected chi connectivity index (χ3v) is 13.3. The summed E-state index contributed by atoms with van der Waals surface area (Å²) in [7, 11) is 0. The summed E-state index contributed by atoms with van der Waals surface area (Å²) >= 11 is 0. The molecule has 8 aliphatic carbocycles. The van der Waals surface area contributed by atoms with Crippen LogP contribution in [0.3, 0.4) is 0 Å². The van der Waals surface area contributed by atoms with Gasteiger partial charge in [-0.25, -0.2) is 0 Å². The van der Waals surface area contributed by atoms with Crippen molar-refractivity contribution in [3.8, 4) is 11.5 Å². The number of benzene rings is 2. The summed E-state index contributed by atoms with van der Waals surface area (Å²) in [6, 6.07) is 9.60. The normalized spacial score (nSPS) is 37.1. The molecule has 6 nitrogen and oxygen atoms in total. The van der Waals surface area contributed by atoms with Gasteiger partial charge in [-0.05, 0) is 153 Å². The van der Waals surface area contributed by atoms with Gasteiger partial charge in [0.2, 0.25) is 0 Å². The van der Waals surface area contributed by atoms with Crippen molar-refractivity contribution in [3.63, 3.8) is 0 Å². The van der Waals surface area contributed by atoms with Crippen LogP contribution < -0.4 is 9.47 Å². The monoisotopic (exact) mass is 624 g/mol. The summed E-state index contributed by atoms with van der Waals surface area (Å²) in [5, 5.41) is 2.87. The molecule has 6 heteroatoms. The average molecular weight is 625 g/mol. The van der Waals surface area contributed by atoms with E-state index in [2.05, 4.69) is 24.3 Å². The van der Waals surface area contributed by atoms with Crippen molar-refractivity contribution < 1.29 is 28.4 Å². The number of hydrogen-bond donors (Lipinski definition) is 0. The van der Waals surface area contributed by atoms with E-state index in [1.807, 2.05) is 0 Å². The first kappa shape index (κ1) is 28.3. The third kappa shape index (κ3) is 5.13. The third-order valence-electron chi connectivity index (χ3n) is 13.3. The summed E-state index contributed by atoms with van der Waals surface area (Å²) in [6.07, 6.45) is 20.1. The molecule has 2 heterocycles. The van der Waals surface area contributed by atoms with Gasteiger partial charge in [-0.3, -0.25) is 0 Å². The van der Waals surface area contributed by atoms with Crippen LogP contribution in [0.1, 0.15) is 88.2 Å². The zero-order valence-electron chi connectivity index (χ0n) is 27.1. The molecule has 2 aliphatic heterocycles. The van der Waals surface area contributed by atoms with Crippen LogP contribution in [0, 0.1) is 35.5 Å². The van der Waals surface area contributed by atoms with E-state index in [-0.39, 0.29) is 10.8 Å². The summed E-state index contributed by atoms with van der Waals surface area (Å²) < 4.78 is 35.3. The van der Waals surface area contributed by atoms with Gasteiger partial charge in [-0.2, -0.15) is 0 Å². The Kier molecular flexibility index (Phi) is 6.72. The van der Waals surface area contributed by atoms with E-state index < -0.39 is 0 Å². The molecule has 8 bridgehead atoms. The van der Waals surface area contributed by atoms with Crippen molar-refractivity contribution in [2.75, 3.05) is 39.6 Å². The molecule has 10 aliphatic rings. The summed E-state index contributed by atoms with van der Waals surface area (Å²) in [5.74, 6) is 9.17. The second kappa shape index (κ2) is 10.9. The van der Waals surface area contributed by atoms with Crippen LogP contribution in [0.4, 0.5) is 0 Å². The Morgan fingerprint density at radius 1 is 0.565 bits per heavy atom. The quantitative estimate of drug-likeness (QED) is 0.197. The molecule has 0 saturated heterocycles. The van der Waals surface area contributed by atoms with E-state index in [0.717, 1.165) is 58.5 Å². The minimum Gasteiger partial charge on any atom is -0.491 e. The molecule has 2 aromatic carbocycles. The second-order valence-electron chi connectivity index (χ2n) is 16.6. The predicted molar refractivity (Wildman–Crippen MR) is 175 cm³/mol. The maximum absolute atomic E-state index is 6.74. The maximum Gasteiger partial charge on any atom is 0.164 e. The van der Waals surface area contributed by atoms with Gasteiger partial charge in [0.25, 0.3) is 0 Å². The number of hydrogen-bond acceptors (Lipinski definition) is 6. The van der Waals surface area contributed by atoms with Gasteiger partial charge in [0.15, 0.2) is 11.5 Å². The smallest absolute Gasteiger partial charge is 0.164 e. The van der Waals surface area contributed by atoms with E-state index in [9.17, 15) is 0 Å². The Labute approximate surface area is 272 Å². The largest absolute Gasteiger partial charge is 0.491 e. The molecule has 0 aromatic heterocycles. The van der Waals surface area contributed by atoms with Gasteiger partial charge >= 0.3 is 0 Å². The molecule has 46 heavy (non-hydrogen) atoms. The zero-order valence-corrected chi connectivity index (χ0v) is 27.1. The van der Waals surface area contributed by atoms with Crippen LogP contribution in [-0.2, 0) is 29.8 Å². The highest BCUT2D eigenvalue weighted by Gasteiger charge is 2.55. The predicted octanol–water partition coefficient (Wildman–Crippen LogP) is 8.31. The van der Waals surface area contributed by atoms with Gasteiger partial charge in [-0.15, -0.1) is 0 Å². The fourth-order valence-corrected chi connectivity index (χ4v) is 12.4. The van der Waals surface area contributed by atoms with E-state index in [0.29, 0.717) is 39.6 Å². The Bertz CT molecular complexity index is 1520. The lowest BCUT2D eigenvalue weighted by Crippen LogP contribution is -2.49. The standard InChI is InChI=1S/C40H48O6/c1-2-37(44-6-4-42-22-33-24-46-33)38(40-18-28-10-29(19-40)12-30(11-28)20-40)35-13-31(43-5-3-41-21-32-23-45-32)14-36(34(1)35)39-15-25-7-26(16-39)9-27(8-25)17-39/h1-2,13-14,23-30H,3-12,15-22H2. The first-order valence-electron chi connectivity index (χ1n) is 18.3. The van der Waals surface area contributed by atoms with Gasteiger partial charge in [0.05, 0.1) is 13.2 Å². The van der Waals surface area contributed by atoms with Gasteiger partial charge in [0.1, 0.15) is 50.5 Å². The maximum atomic E-state index is 6.74. The highest BCUT2D eigenvalue weighted by atomic mass is 16.6. The summed E-state index contributed by atoms with van der Waals surface area (Å²) in [4.78, 5) is 0. The molecule has 0 unspecified atom stereocenters. The molecule has 8 fully saturated rings. The van der Waals surface area contributed by atoms with E-state index in [1.165, 1.54) is 93.4 Å². The molecule has 2 aromatic rings. The highest BCUT2D eigenvalue weighted by Crippen LogP contribution is 2.65. The van der Waals surface area contributed by atoms with Gasteiger partial charge in [-0.1, -0.05) is 6.07 Å². The number of fused-ring (bicyclic) bond motifs is 1. The van der Waals surface area contributed by atoms with Crippen molar-refractivity contribution in [1.82, 2.24) is 0 Å². The zero-order chi connectivity index (χ0) is 30.3. The second-order valence-corrected chi connectivity index (χ2v) is 16.6.